The Morgan fingerprint density at radius 2 is 2.04 bits per heavy atom. The van der Waals surface area contributed by atoms with E-state index in [0.717, 1.165) is 35.1 Å². The summed E-state index contributed by atoms with van der Waals surface area (Å²) >= 11 is 2.73. The maximum absolute atomic E-state index is 12.3. The molecule has 1 heterocycles. The molecule has 146 valence electrons. The Hall–Kier alpha value is -2.37. The summed E-state index contributed by atoms with van der Waals surface area (Å²) in [6.45, 7) is 2.63. The Bertz CT molecular complexity index is 892. The summed E-state index contributed by atoms with van der Waals surface area (Å²) in [7, 11) is 0. The predicted octanol–water partition coefficient (Wildman–Crippen LogP) is 4.23. The maximum atomic E-state index is 12.3. The zero-order chi connectivity index (χ0) is 20.1. The molecule has 0 radical (unpaired) electrons. The first-order valence-corrected chi connectivity index (χ1v) is 11.2. The molecule has 6 nitrogen and oxygen atoms in total. The molecule has 0 atom stereocenters. The lowest BCUT2D eigenvalue weighted by Crippen LogP contribution is -2.28. The fraction of sp³-hybridized carbons (Fsp3) is 0.400. The Balaban J connectivity index is 1.91. The summed E-state index contributed by atoms with van der Waals surface area (Å²) in [5.41, 5.74) is 1.97. The Kier molecular flexibility index (Phi) is 6.70. The largest absolute Gasteiger partial charge is 0.318 e. The number of amides is 1. The lowest BCUT2D eigenvalue weighted by molar-refractivity contribution is -0.120. The minimum atomic E-state index is -0.199. The number of nitrogens with one attached hydrogen (secondary N) is 1. The quantitative estimate of drug-likeness (QED) is 0.712. The van der Waals surface area contributed by atoms with Gasteiger partial charge in [-0.1, -0.05) is 11.9 Å². The average Bonchev–Trinajstić information content (AvgIpc) is 3.09. The number of nitrogens with zero attached hydrogens (tertiary/aromatic N) is 3. The highest BCUT2D eigenvalue weighted by molar-refractivity contribution is 7.97. The van der Waals surface area contributed by atoms with Gasteiger partial charge in [0, 0.05) is 36.2 Å². The van der Waals surface area contributed by atoms with Crippen molar-refractivity contribution in [3.05, 3.63) is 40.4 Å². The highest BCUT2D eigenvalue weighted by Crippen LogP contribution is 2.34. The highest BCUT2D eigenvalue weighted by atomic mass is 32.2. The monoisotopic (exact) mass is 414 g/mol. The van der Waals surface area contributed by atoms with Crippen LogP contribution in [0.4, 0.5) is 10.8 Å². The minimum Gasteiger partial charge on any atom is -0.318 e. The van der Waals surface area contributed by atoms with Crippen molar-refractivity contribution in [1.29, 1.82) is 5.26 Å². The van der Waals surface area contributed by atoms with Crippen molar-refractivity contribution in [1.82, 2.24) is 9.71 Å². The number of carbonyl (C=O) groups excluding carboxylic acids is 2. The summed E-state index contributed by atoms with van der Waals surface area (Å²) in [6.07, 6.45) is 4.80. The van der Waals surface area contributed by atoms with Gasteiger partial charge in [-0.05, 0) is 49.9 Å². The van der Waals surface area contributed by atoms with Crippen LogP contribution in [0.1, 0.15) is 46.6 Å². The third-order valence-corrected chi connectivity index (χ3v) is 6.22. The van der Waals surface area contributed by atoms with E-state index in [1.165, 1.54) is 23.3 Å². The van der Waals surface area contributed by atoms with Gasteiger partial charge in [-0.15, -0.1) is 11.3 Å². The predicted molar refractivity (Wildman–Crippen MR) is 113 cm³/mol. The lowest BCUT2D eigenvalue weighted by atomic mass is 9.88. The van der Waals surface area contributed by atoms with Gasteiger partial charge >= 0.3 is 0 Å². The van der Waals surface area contributed by atoms with Gasteiger partial charge in [0.1, 0.15) is 11.5 Å². The molecular weight excluding hydrogens is 392 g/mol. The molecule has 3 rings (SSSR count). The molecule has 0 bridgehead atoms. The first-order chi connectivity index (χ1) is 13.5. The van der Waals surface area contributed by atoms with Crippen LogP contribution >= 0.6 is 23.3 Å². The van der Waals surface area contributed by atoms with E-state index in [2.05, 4.69) is 20.7 Å². The number of aromatic nitrogens is 1. The number of anilines is 2. The second kappa shape index (κ2) is 9.22. The van der Waals surface area contributed by atoms with Gasteiger partial charge in [0.25, 0.3) is 5.91 Å². The number of thiazole rings is 1. The van der Waals surface area contributed by atoms with Crippen molar-refractivity contribution in [2.24, 2.45) is 5.92 Å². The van der Waals surface area contributed by atoms with Crippen LogP contribution in [0.5, 0.6) is 0 Å². The minimum absolute atomic E-state index is 0.199. The second-order valence-electron chi connectivity index (χ2n) is 6.79. The average molecular weight is 415 g/mol. The molecular formula is C20H22N4O2S2. The molecule has 2 aromatic rings. The maximum Gasteiger partial charge on any atom is 0.280 e. The van der Waals surface area contributed by atoms with Crippen molar-refractivity contribution < 1.29 is 9.59 Å². The number of nitriles is 1. The van der Waals surface area contributed by atoms with E-state index in [1.807, 2.05) is 19.1 Å². The summed E-state index contributed by atoms with van der Waals surface area (Å²) in [4.78, 5) is 31.4. The summed E-state index contributed by atoms with van der Waals surface area (Å²) < 4.78 is 2.73. The zero-order valence-corrected chi connectivity index (χ0v) is 17.5. The fourth-order valence-corrected chi connectivity index (χ4v) is 4.52. The molecule has 8 heteroatoms. The number of rotatable bonds is 6. The molecule has 1 amide bonds. The van der Waals surface area contributed by atoms with E-state index in [1.54, 1.807) is 18.4 Å². The van der Waals surface area contributed by atoms with Crippen molar-refractivity contribution in [3.8, 4) is 6.07 Å². The van der Waals surface area contributed by atoms with E-state index in [9.17, 15) is 9.59 Å². The number of benzene rings is 1. The molecule has 1 aliphatic rings. The van der Waals surface area contributed by atoms with Crippen molar-refractivity contribution in [2.45, 2.75) is 32.6 Å². The van der Waals surface area contributed by atoms with Crippen LogP contribution in [-0.4, -0.2) is 29.5 Å². The molecule has 0 aliphatic heterocycles. The van der Waals surface area contributed by atoms with Crippen molar-refractivity contribution in [2.75, 3.05) is 17.7 Å². The Morgan fingerprint density at radius 3 is 2.64 bits per heavy atom. The lowest BCUT2D eigenvalue weighted by Gasteiger charge is -2.29. The molecule has 1 N–H and O–H groups in total. The Morgan fingerprint density at radius 1 is 1.36 bits per heavy atom. The van der Waals surface area contributed by atoms with Gasteiger partial charge in [0.2, 0.25) is 0 Å². The van der Waals surface area contributed by atoms with Crippen molar-refractivity contribution in [3.63, 3.8) is 0 Å². The summed E-state index contributed by atoms with van der Waals surface area (Å²) in [5.74, 6) is 0.527. The first kappa shape index (κ1) is 20.4. The van der Waals surface area contributed by atoms with Crippen LogP contribution in [0.2, 0.25) is 0 Å². The van der Waals surface area contributed by atoms with Crippen LogP contribution in [0, 0.1) is 24.2 Å². The molecule has 1 aromatic carbocycles. The van der Waals surface area contributed by atoms with Crippen LogP contribution < -0.4 is 9.62 Å². The summed E-state index contributed by atoms with van der Waals surface area (Å²) in [6, 6.07) is 9.52. The molecule has 1 aliphatic carbocycles. The smallest absolute Gasteiger partial charge is 0.280 e. The molecule has 0 spiro atoms. The standard InChI is InChI=1S/C20H22N4O2S2/c1-13-18(19(26)23-27-2)22-20(28-13)24(12-15-5-9-17(25)10-6-15)16-7-3-14(11-21)4-8-16/h3-4,7-8,15H,5-6,9-10,12H2,1-2H3,(H,23,26). The van der Waals surface area contributed by atoms with E-state index >= 15 is 0 Å². The fourth-order valence-electron chi connectivity index (χ4n) is 3.30. The van der Waals surface area contributed by atoms with Gasteiger partial charge in [-0.25, -0.2) is 4.98 Å². The number of hydrogen-bond acceptors (Lipinski definition) is 7. The zero-order valence-electron chi connectivity index (χ0n) is 15.9. The number of ketones is 1. The molecule has 1 aromatic heterocycles. The molecule has 1 saturated carbocycles. The third-order valence-electron chi connectivity index (χ3n) is 4.84. The molecule has 1 fully saturated rings. The number of hydrogen-bond donors (Lipinski definition) is 1. The van der Waals surface area contributed by atoms with E-state index in [-0.39, 0.29) is 5.91 Å². The SMILES string of the molecule is CSNC(=O)c1nc(N(CC2CCC(=O)CC2)c2ccc(C#N)cc2)sc1C. The number of aryl methyl sites for hydroxylation is 1. The second-order valence-corrected chi connectivity index (χ2v) is 8.58. The van der Waals surface area contributed by atoms with Crippen LogP contribution in [0.3, 0.4) is 0 Å². The van der Waals surface area contributed by atoms with Gasteiger partial charge in [-0.2, -0.15) is 5.26 Å². The van der Waals surface area contributed by atoms with E-state index < -0.39 is 0 Å². The molecule has 0 saturated heterocycles. The number of carbonyl (C=O) groups is 2. The molecule has 28 heavy (non-hydrogen) atoms. The van der Waals surface area contributed by atoms with Crippen LogP contribution in [-0.2, 0) is 4.79 Å². The highest BCUT2D eigenvalue weighted by Gasteiger charge is 2.25. The van der Waals surface area contributed by atoms with Gasteiger partial charge in [0.15, 0.2) is 5.13 Å². The van der Waals surface area contributed by atoms with Gasteiger partial charge in [-0.3, -0.25) is 14.3 Å². The topological polar surface area (TPSA) is 86.1 Å². The first-order valence-electron chi connectivity index (χ1n) is 9.12. The van der Waals surface area contributed by atoms with E-state index in [0.29, 0.717) is 35.8 Å². The normalized spacial score (nSPS) is 14.5. The van der Waals surface area contributed by atoms with Gasteiger partial charge in [0.05, 0.1) is 11.6 Å². The summed E-state index contributed by atoms with van der Waals surface area (Å²) in [5, 5.41) is 9.82. The Labute approximate surface area is 173 Å². The van der Waals surface area contributed by atoms with Crippen molar-refractivity contribution >= 4 is 45.8 Å². The van der Waals surface area contributed by atoms with Crippen LogP contribution in [0.15, 0.2) is 24.3 Å². The molecule has 0 unspecified atom stereocenters. The van der Waals surface area contributed by atoms with Crippen LogP contribution in [0.25, 0.3) is 0 Å². The van der Waals surface area contributed by atoms with E-state index in [4.69, 9.17) is 5.26 Å². The number of Topliss-reactive ketones (excluding diaryl/α,β-unsaturated/α-hetero) is 1. The van der Waals surface area contributed by atoms with Gasteiger partial charge < -0.3 is 4.90 Å². The third kappa shape index (κ3) is 4.72.